The Kier molecular flexibility index (Phi) is 2.99. The molecule has 3 fully saturated rings. The molecule has 3 aliphatic carbocycles. The molecule has 0 bridgehead atoms. The minimum Gasteiger partial charge on any atom is -0.313 e. The van der Waals surface area contributed by atoms with Crippen LogP contribution >= 0.6 is 0 Å². The molecule has 0 saturated heterocycles. The molecule has 92 valence electrons. The number of rotatable bonds is 4. The lowest BCUT2D eigenvalue weighted by Gasteiger charge is -2.53. The highest BCUT2D eigenvalue weighted by Gasteiger charge is 2.46. The van der Waals surface area contributed by atoms with E-state index in [1.165, 1.54) is 64.3 Å². The lowest BCUT2D eigenvalue weighted by Crippen LogP contribution is -2.55. The van der Waals surface area contributed by atoms with Gasteiger partial charge in [0.1, 0.15) is 0 Å². The molecule has 0 amide bonds. The van der Waals surface area contributed by atoms with Crippen LogP contribution in [0.1, 0.15) is 64.7 Å². The van der Waals surface area contributed by atoms with Crippen LogP contribution in [-0.4, -0.2) is 12.6 Å². The van der Waals surface area contributed by atoms with Crippen LogP contribution < -0.4 is 5.32 Å². The van der Waals surface area contributed by atoms with Crippen molar-refractivity contribution in [3.8, 4) is 0 Å². The second kappa shape index (κ2) is 4.33. The highest BCUT2D eigenvalue weighted by molar-refractivity contribution is 5.01. The average molecular weight is 221 g/mol. The first kappa shape index (κ1) is 11.1. The van der Waals surface area contributed by atoms with E-state index in [9.17, 15) is 0 Å². The molecule has 1 nitrogen and oxygen atoms in total. The van der Waals surface area contributed by atoms with E-state index in [1.807, 2.05) is 0 Å². The van der Waals surface area contributed by atoms with Gasteiger partial charge in [0.05, 0.1) is 0 Å². The summed E-state index contributed by atoms with van der Waals surface area (Å²) in [7, 11) is 0. The molecule has 0 aliphatic heterocycles. The zero-order valence-electron chi connectivity index (χ0n) is 10.8. The van der Waals surface area contributed by atoms with Crippen LogP contribution in [0.4, 0.5) is 0 Å². The average Bonchev–Trinajstić information content (AvgIpc) is 3.12. The standard InChI is InChI=1S/C15H27N/c1-12(13-5-6-13)11-16-14-7-10-15(14)8-3-2-4-9-15/h12-14,16H,2-11H2,1H3. The normalized spacial score (nSPS) is 34.7. The van der Waals surface area contributed by atoms with E-state index in [1.54, 1.807) is 0 Å². The van der Waals surface area contributed by atoms with Gasteiger partial charge >= 0.3 is 0 Å². The van der Waals surface area contributed by atoms with Crippen molar-refractivity contribution in [2.75, 3.05) is 6.54 Å². The lowest BCUT2D eigenvalue weighted by molar-refractivity contribution is 0.0210. The number of hydrogen-bond acceptors (Lipinski definition) is 1. The molecule has 2 atom stereocenters. The van der Waals surface area contributed by atoms with Gasteiger partial charge in [0.15, 0.2) is 0 Å². The molecule has 0 aromatic carbocycles. The molecule has 1 spiro atoms. The van der Waals surface area contributed by atoms with Gasteiger partial charge in [0, 0.05) is 6.04 Å². The Balaban J connectivity index is 1.47. The predicted octanol–water partition coefficient (Wildman–Crippen LogP) is 3.74. The van der Waals surface area contributed by atoms with Crippen molar-refractivity contribution in [3.63, 3.8) is 0 Å². The molecule has 3 rings (SSSR count). The molecule has 1 heteroatoms. The maximum Gasteiger partial charge on any atom is 0.0124 e. The first-order valence-electron chi connectivity index (χ1n) is 7.54. The summed E-state index contributed by atoms with van der Waals surface area (Å²) >= 11 is 0. The van der Waals surface area contributed by atoms with E-state index in [4.69, 9.17) is 0 Å². The fourth-order valence-corrected chi connectivity index (χ4v) is 4.03. The van der Waals surface area contributed by atoms with Gasteiger partial charge in [-0.05, 0) is 62.3 Å². The molecule has 0 aromatic heterocycles. The first-order valence-corrected chi connectivity index (χ1v) is 7.54. The van der Waals surface area contributed by atoms with Gasteiger partial charge in [0.2, 0.25) is 0 Å². The molecule has 16 heavy (non-hydrogen) atoms. The van der Waals surface area contributed by atoms with Crippen molar-refractivity contribution in [1.29, 1.82) is 0 Å². The molecular formula is C15H27N. The molecule has 3 saturated carbocycles. The van der Waals surface area contributed by atoms with Gasteiger partial charge in [-0.1, -0.05) is 26.2 Å². The van der Waals surface area contributed by atoms with Gasteiger partial charge in [-0.3, -0.25) is 0 Å². The van der Waals surface area contributed by atoms with E-state index in [2.05, 4.69) is 12.2 Å². The quantitative estimate of drug-likeness (QED) is 0.762. The van der Waals surface area contributed by atoms with Crippen LogP contribution in [0.5, 0.6) is 0 Å². The Morgan fingerprint density at radius 2 is 1.81 bits per heavy atom. The van der Waals surface area contributed by atoms with Crippen LogP contribution in [0.25, 0.3) is 0 Å². The van der Waals surface area contributed by atoms with Crippen molar-refractivity contribution >= 4 is 0 Å². The second-order valence-electron chi connectivity index (χ2n) is 6.74. The molecule has 0 radical (unpaired) electrons. The van der Waals surface area contributed by atoms with Crippen LogP contribution in [-0.2, 0) is 0 Å². The fraction of sp³-hybridized carbons (Fsp3) is 1.00. The van der Waals surface area contributed by atoms with E-state index >= 15 is 0 Å². The molecule has 3 aliphatic rings. The third-order valence-electron chi connectivity index (χ3n) is 5.63. The van der Waals surface area contributed by atoms with Gasteiger partial charge in [0.25, 0.3) is 0 Å². The Bertz CT molecular complexity index is 238. The van der Waals surface area contributed by atoms with Crippen LogP contribution in [0.3, 0.4) is 0 Å². The molecule has 0 aromatic rings. The molecule has 1 N–H and O–H groups in total. The first-order chi connectivity index (χ1) is 7.80. The summed E-state index contributed by atoms with van der Waals surface area (Å²) in [4.78, 5) is 0. The minimum absolute atomic E-state index is 0.752. The van der Waals surface area contributed by atoms with Crippen LogP contribution in [0, 0.1) is 17.3 Å². The topological polar surface area (TPSA) is 12.0 Å². The fourth-order valence-electron chi connectivity index (χ4n) is 4.03. The Morgan fingerprint density at radius 1 is 1.06 bits per heavy atom. The van der Waals surface area contributed by atoms with Gasteiger partial charge in [-0.2, -0.15) is 0 Å². The zero-order valence-corrected chi connectivity index (χ0v) is 10.8. The molecule has 2 unspecified atom stereocenters. The highest BCUT2D eigenvalue weighted by Crippen LogP contribution is 2.51. The summed E-state index contributed by atoms with van der Waals surface area (Å²) in [6, 6.07) is 0.883. The van der Waals surface area contributed by atoms with Crippen LogP contribution in [0.2, 0.25) is 0 Å². The summed E-state index contributed by atoms with van der Waals surface area (Å²) in [5.41, 5.74) is 0.752. The molecule has 0 heterocycles. The second-order valence-corrected chi connectivity index (χ2v) is 6.74. The van der Waals surface area contributed by atoms with Crippen molar-refractivity contribution < 1.29 is 0 Å². The highest BCUT2D eigenvalue weighted by atomic mass is 15.0. The Hall–Kier alpha value is -0.0400. The predicted molar refractivity (Wildman–Crippen MR) is 68.4 cm³/mol. The summed E-state index contributed by atoms with van der Waals surface area (Å²) in [6.07, 6.45) is 13.5. The number of nitrogens with one attached hydrogen (secondary N) is 1. The third kappa shape index (κ3) is 2.03. The molecular weight excluding hydrogens is 194 g/mol. The van der Waals surface area contributed by atoms with Crippen molar-refractivity contribution in [3.05, 3.63) is 0 Å². The zero-order chi connectivity index (χ0) is 11.0. The number of hydrogen-bond donors (Lipinski definition) is 1. The maximum atomic E-state index is 3.90. The van der Waals surface area contributed by atoms with Gasteiger partial charge in [-0.15, -0.1) is 0 Å². The largest absolute Gasteiger partial charge is 0.313 e. The van der Waals surface area contributed by atoms with Crippen molar-refractivity contribution in [2.24, 2.45) is 17.3 Å². The smallest absolute Gasteiger partial charge is 0.0124 e. The Morgan fingerprint density at radius 3 is 2.38 bits per heavy atom. The van der Waals surface area contributed by atoms with Crippen molar-refractivity contribution in [2.45, 2.75) is 70.8 Å². The van der Waals surface area contributed by atoms with E-state index in [-0.39, 0.29) is 0 Å². The maximum absolute atomic E-state index is 3.90. The van der Waals surface area contributed by atoms with E-state index in [0.717, 1.165) is 23.3 Å². The summed E-state index contributed by atoms with van der Waals surface area (Å²) < 4.78 is 0. The van der Waals surface area contributed by atoms with Crippen molar-refractivity contribution in [1.82, 2.24) is 5.32 Å². The van der Waals surface area contributed by atoms with E-state index < -0.39 is 0 Å². The lowest BCUT2D eigenvalue weighted by atomic mass is 9.57. The summed E-state index contributed by atoms with van der Waals surface area (Å²) in [6.45, 7) is 3.73. The third-order valence-corrected chi connectivity index (χ3v) is 5.63. The summed E-state index contributed by atoms with van der Waals surface area (Å²) in [5.74, 6) is 2.00. The van der Waals surface area contributed by atoms with Gasteiger partial charge < -0.3 is 5.32 Å². The Labute approximate surface area is 100 Å². The minimum atomic E-state index is 0.752. The monoisotopic (exact) mass is 221 g/mol. The SMILES string of the molecule is CC(CNC1CCC12CCCCC2)C1CC1. The van der Waals surface area contributed by atoms with Crippen LogP contribution in [0.15, 0.2) is 0 Å². The van der Waals surface area contributed by atoms with Gasteiger partial charge in [-0.25, -0.2) is 0 Å². The van der Waals surface area contributed by atoms with E-state index in [0.29, 0.717) is 0 Å². The summed E-state index contributed by atoms with van der Waals surface area (Å²) in [5, 5.41) is 3.90.